The minimum atomic E-state index is 0.299. The van der Waals surface area contributed by atoms with Gasteiger partial charge >= 0.3 is 0 Å². The SMILES string of the molecule is CC1=CC2=C3OCCCC3C(CCCCO)NC2C=C1. The maximum Gasteiger partial charge on any atom is 0.106 e. The van der Waals surface area contributed by atoms with Crippen molar-refractivity contribution < 1.29 is 9.84 Å². The number of hydrogen-bond acceptors (Lipinski definition) is 3. The normalized spacial score (nSPS) is 32.3. The van der Waals surface area contributed by atoms with Gasteiger partial charge in [-0.15, -0.1) is 0 Å². The Bertz CT molecular complexity index is 450. The van der Waals surface area contributed by atoms with Crippen molar-refractivity contribution in [1.29, 1.82) is 0 Å². The van der Waals surface area contributed by atoms with Crippen LogP contribution in [0.1, 0.15) is 39.0 Å². The molecular formula is C17H25NO2. The van der Waals surface area contributed by atoms with Crippen LogP contribution in [0.2, 0.25) is 0 Å². The molecule has 3 atom stereocenters. The van der Waals surface area contributed by atoms with E-state index in [-0.39, 0.29) is 0 Å². The number of allylic oxidation sites excluding steroid dienone is 2. The lowest BCUT2D eigenvalue weighted by molar-refractivity contribution is 0.0918. The maximum atomic E-state index is 8.97. The quantitative estimate of drug-likeness (QED) is 0.775. The van der Waals surface area contributed by atoms with Crippen molar-refractivity contribution in [2.75, 3.05) is 13.2 Å². The first-order valence-electron chi connectivity index (χ1n) is 7.90. The van der Waals surface area contributed by atoms with E-state index < -0.39 is 0 Å². The number of ether oxygens (including phenoxy) is 1. The Morgan fingerprint density at radius 3 is 3.15 bits per heavy atom. The molecule has 3 unspecified atom stereocenters. The summed E-state index contributed by atoms with van der Waals surface area (Å²) < 4.78 is 6.05. The number of hydrogen-bond donors (Lipinski definition) is 2. The molecule has 1 fully saturated rings. The van der Waals surface area contributed by atoms with Gasteiger partial charge in [0, 0.05) is 24.1 Å². The third-order valence-electron chi connectivity index (χ3n) is 4.61. The van der Waals surface area contributed by atoms with Crippen LogP contribution in [0.4, 0.5) is 0 Å². The average Bonchev–Trinajstić information content (AvgIpc) is 2.48. The number of aliphatic hydroxyl groups is 1. The largest absolute Gasteiger partial charge is 0.497 e. The molecule has 0 aromatic rings. The maximum absolute atomic E-state index is 8.97. The number of fused-ring (bicyclic) bond motifs is 2. The Morgan fingerprint density at radius 2 is 2.30 bits per heavy atom. The van der Waals surface area contributed by atoms with Gasteiger partial charge in [0.25, 0.3) is 0 Å². The van der Waals surface area contributed by atoms with E-state index in [0.29, 0.717) is 24.6 Å². The number of nitrogens with one attached hydrogen (secondary N) is 1. The summed E-state index contributed by atoms with van der Waals surface area (Å²) in [5.74, 6) is 1.75. The number of rotatable bonds is 4. The molecule has 3 heteroatoms. The van der Waals surface area contributed by atoms with Crippen LogP contribution in [0.3, 0.4) is 0 Å². The van der Waals surface area contributed by atoms with Crippen molar-refractivity contribution in [2.45, 2.75) is 51.1 Å². The van der Waals surface area contributed by atoms with E-state index in [2.05, 4.69) is 30.5 Å². The van der Waals surface area contributed by atoms with Crippen LogP contribution in [0.5, 0.6) is 0 Å². The minimum absolute atomic E-state index is 0.299. The molecule has 0 spiro atoms. The van der Waals surface area contributed by atoms with Crippen LogP contribution in [0, 0.1) is 5.92 Å². The molecule has 0 bridgehead atoms. The molecule has 2 heterocycles. The van der Waals surface area contributed by atoms with Crippen LogP contribution < -0.4 is 5.32 Å². The van der Waals surface area contributed by atoms with Crippen molar-refractivity contribution in [3.63, 3.8) is 0 Å². The summed E-state index contributed by atoms with van der Waals surface area (Å²) in [6, 6.07) is 0.796. The molecule has 0 saturated carbocycles. The van der Waals surface area contributed by atoms with Gasteiger partial charge in [0.2, 0.25) is 0 Å². The molecule has 0 aromatic carbocycles. The highest BCUT2D eigenvalue weighted by Crippen LogP contribution is 2.38. The Labute approximate surface area is 121 Å². The molecule has 2 aliphatic heterocycles. The van der Waals surface area contributed by atoms with Crippen LogP contribution in [0.25, 0.3) is 0 Å². The first-order chi connectivity index (χ1) is 9.79. The van der Waals surface area contributed by atoms with Crippen molar-refractivity contribution in [1.82, 2.24) is 5.32 Å². The van der Waals surface area contributed by atoms with Gasteiger partial charge < -0.3 is 15.2 Å². The molecule has 20 heavy (non-hydrogen) atoms. The zero-order valence-electron chi connectivity index (χ0n) is 12.3. The van der Waals surface area contributed by atoms with E-state index in [0.717, 1.165) is 32.3 Å². The standard InChI is InChI=1S/C17H25NO2/c1-12-7-8-16-14(11-12)17-13(5-4-10-20-17)15(18-16)6-2-3-9-19/h7-8,11,13,15-16,18-19H,2-6,9-10H2,1H3. The topological polar surface area (TPSA) is 41.5 Å². The smallest absolute Gasteiger partial charge is 0.106 e. The summed E-state index contributed by atoms with van der Waals surface area (Å²) in [6.45, 7) is 3.31. The van der Waals surface area contributed by atoms with Crippen molar-refractivity contribution in [3.05, 3.63) is 35.1 Å². The molecule has 0 radical (unpaired) electrons. The van der Waals surface area contributed by atoms with Crippen LogP contribution in [-0.2, 0) is 4.74 Å². The molecule has 110 valence electrons. The lowest BCUT2D eigenvalue weighted by Gasteiger charge is -2.42. The van der Waals surface area contributed by atoms with E-state index in [4.69, 9.17) is 9.84 Å². The molecule has 1 aliphatic carbocycles. The zero-order valence-corrected chi connectivity index (χ0v) is 12.3. The van der Waals surface area contributed by atoms with E-state index in [9.17, 15) is 0 Å². The Hall–Kier alpha value is -1.06. The highest BCUT2D eigenvalue weighted by molar-refractivity contribution is 5.45. The molecular weight excluding hydrogens is 250 g/mol. The van der Waals surface area contributed by atoms with Gasteiger partial charge in [-0.05, 0) is 39.0 Å². The fourth-order valence-electron chi connectivity index (χ4n) is 3.62. The van der Waals surface area contributed by atoms with Gasteiger partial charge in [0.05, 0.1) is 12.6 Å². The lowest BCUT2D eigenvalue weighted by Crippen LogP contribution is -2.50. The van der Waals surface area contributed by atoms with Gasteiger partial charge in [-0.25, -0.2) is 0 Å². The molecule has 1 saturated heterocycles. The molecule has 0 amide bonds. The van der Waals surface area contributed by atoms with E-state index in [1.165, 1.54) is 23.3 Å². The summed E-state index contributed by atoms with van der Waals surface area (Å²) in [5.41, 5.74) is 2.64. The summed E-state index contributed by atoms with van der Waals surface area (Å²) in [5, 5.41) is 12.8. The predicted octanol–water partition coefficient (Wildman–Crippen LogP) is 2.69. The monoisotopic (exact) mass is 275 g/mol. The van der Waals surface area contributed by atoms with E-state index in [1.807, 2.05) is 0 Å². The fourth-order valence-corrected chi connectivity index (χ4v) is 3.62. The summed E-state index contributed by atoms with van der Waals surface area (Å²) in [7, 11) is 0. The van der Waals surface area contributed by atoms with Gasteiger partial charge in [-0.2, -0.15) is 0 Å². The second kappa shape index (κ2) is 6.15. The Kier molecular flexibility index (Phi) is 4.27. The molecule has 3 nitrogen and oxygen atoms in total. The van der Waals surface area contributed by atoms with Crippen molar-refractivity contribution in [2.24, 2.45) is 5.92 Å². The van der Waals surface area contributed by atoms with Gasteiger partial charge in [-0.1, -0.05) is 23.8 Å². The minimum Gasteiger partial charge on any atom is -0.497 e. The highest BCUT2D eigenvalue weighted by atomic mass is 16.5. The van der Waals surface area contributed by atoms with Crippen LogP contribution in [-0.4, -0.2) is 30.4 Å². The molecule has 2 N–H and O–H groups in total. The summed E-state index contributed by atoms with van der Waals surface area (Å²) in [6.07, 6.45) is 12.2. The van der Waals surface area contributed by atoms with Gasteiger partial charge in [0.15, 0.2) is 0 Å². The van der Waals surface area contributed by atoms with Gasteiger partial charge in [0.1, 0.15) is 5.76 Å². The first-order valence-corrected chi connectivity index (χ1v) is 7.90. The Morgan fingerprint density at radius 1 is 1.40 bits per heavy atom. The predicted molar refractivity (Wildman–Crippen MR) is 80.2 cm³/mol. The van der Waals surface area contributed by atoms with Crippen LogP contribution >= 0.6 is 0 Å². The van der Waals surface area contributed by atoms with Gasteiger partial charge in [-0.3, -0.25) is 0 Å². The first kappa shape index (κ1) is 13.9. The molecule has 3 rings (SSSR count). The third kappa shape index (κ3) is 2.70. The fraction of sp³-hybridized carbons (Fsp3) is 0.647. The van der Waals surface area contributed by atoms with Crippen molar-refractivity contribution >= 4 is 0 Å². The lowest BCUT2D eigenvalue weighted by atomic mass is 9.79. The number of aliphatic hydroxyl groups excluding tert-OH is 1. The number of unbranched alkanes of at least 4 members (excludes halogenated alkanes) is 1. The zero-order chi connectivity index (χ0) is 13.9. The molecule has 3 aliphatic rings. The second-order valence-electron chi connectivity index (χ2n) is 6.13. The Balaban J connectivity index is 1.82. The van der Waals surface area contributed by atoms with Crippen LogP contribution in [0.15, 0.2) is 35.1 Å². The second-order valence-corrected chi connectivity index (χ2v) is 6.13. The third-order valence-corrected chi connectivity index (χ3v) is 4.61. The highest BCUT2D eigenvalue weighted by Gasteiger charge is 2.37. The van der Waals surface area contributed by atoms with E-state index in [1.54, 1.807) is 0 Å². The average molecular weight is 275 g/mol. The summed E-state index contributed by atoms with van der Waals surface area (Å²) >= 11 is 0. The molecule has 0 aromatic heterocycles. The summed E-state index contributed by atoms with van der Waals surface area (Å²) in [4.78, 5) is 0. The van der Waals surface area contributed by atoms with Crippen molar-refractivity contribution in [3.8, 4) is 0 Å². The van der Waals surface area contributed by atoms with E-state index >= 15 is 0 Å².